The first kappa shape index (κ1) is 12.3. The third-order valence-corrected chi connectivity index (χ3v) is 3.94. The molecule has 1 atom stereocenters. The predicted molar refractivity (Wildman–Crippen MR) is 75.3 cm³/mol. The molecule has 1 amide bonds. The van der Waals surface area contributed by atoms with E-state index in [0.717, 1.165) is 36.3 Å². The molecule has 1 saturated heterocycles. The minimum atomic E-state index is -0.661. The number of rotatable bonds is 1. The highest BCUT2D eigenvalue weighted by atomic mass is 16.3. The molecule has 19 heavy (non-hydrogen) atoms. The van der Waals surface area contributed by atoms with Crippen molar-refractivity contribution in [2.24, 2.45) is 0 Å². The molecule has 4 N–H and O–H groups in total. The van der Waals surface area contributed by atoms with E-state index in [1.807, 2.05) is 19.1 Å². The fourth-order valence-electron chi connectivity index (χ4n) is 2.86. The van der Waals surface area contributed by atoms with Gasteiger partial charge in [-0.15, -0.1) is 0 Å². The van der Waals surface area contributed by atoms with Gasteiger partial charge in [0.25, 0.3) is 0 Å². The first-order valence-corrected chi connectivity index (χ1v) is 6.64. The predicted octanol–water partition coefficient (Wildman–Crippen LogP) is 1.11. The number of carbonyl (C=O) groups excluding carboxylic acids is 1. The van der Waals surface area contributed by atoms with Gasteiger partial charge in [0, 0.05) is 25.2 Å². The summed E-state index contributed by atoms with van der Waals surface area (Å²) in [6.07, 6.45) is 1.99. The van der Waals surface area contributed by atoms with Crippen LogP contribution in [0.3, 0.4) is 0 Å². The number of hydrogen-bond donors (Lipinski definition) is 3. The minimum Gasteiger partial charge on any atom is -0.397 e. The van der Waals surface area contributed by atoms with Crippen molar-refractivity contribution in [3.05, 3.63) is 17.7 Å². The van der Waals surface area contributed by atoms with Crippen molar-refractivity contribution in [3.8, 4) is 0 Å². The number of β-amino-alcohol motifs (C(OH)–C–C–N with tert-alkyl or cyclic N) is 1. The molecule has 0 radical (unpaired) electrons. The molecule has 1 fully saturated rings. The lowest BCUT2D eigenvalue weighted by Crippen LogP contribution is -2.30. The number of amides is 1. The number of nitrogens with zero attached hydrogens (tertiary/aromatic N) is 1. The summed E-state index contributed by atoms with van der Waals surface area (Å²) in [5.74, 6) is 0.0524. The first-order chi connectivity index (χ1) is 8.94. The fourth-order valence-corrected chi connectivity index (χ4v) is 2.86. The number of hydrogen-bond acceptors (Lipinski definition) is 4. The number of benzene rings is 1. The highest BCUT2D eigenvalue weighted by molar-refractivity contribution is 5.95. The van der Waals surface area contributed by atoms with Gasteiger partial charge in [0.2, 0.25) is 5.91 Å². The Labute approximate surface area is 112 Å². The summed E-state index contributed by atoms with van der Waals surface area (Å²) >= 11 is 0. The van der Waals surface area contributed by atoms with Gasteiger partial charge >= 0.3 is 0 Å². The maximum absolute atomic E-state index is 11.5. The third kappa shape index (κ3) is 2.26. The van der Waals surface area contributed by atoms with E-state index in [1.54, 1.807) is 0 Å². The van der Waals surface area contributed by atoms with Gasteiger partial charge in [0.1, 0.15) is 0 Å². The topological polar surface area (TPSA) is 78.6 Å². The van der Waals surface area contributed by atoms with Gasteiger partial charge < -0.3 is 21.1 Å². The van der Waals surface area contributed by atoms with E-state index < -0.39 is 5.60 Å². The van der Waals surface area contributed by atoms with Crippen LogP contribution in [0.15, 0.2) is 12.1 Å². The van der Waals surface area contributed by atoms with Crippen molar-refractivity contribution in [2.45, 2.75) is 31.8 Å². The summed E-state index contributed by atoms with van der Waals surface area (Å²) in [5.41, 5.74) is 9.01. The highest BCUT2D eigenvalue weighted by Gasteiger charge is 2.32. The highest BCUT2D eigenvalue weighted by Crippen LogP contribution is 2.36. The number of aliphatic hydroxyl groups is 1. The molecule has 5 nitrogen and oxygen atoms in total. The van der Waals surface area contributed by atoms with Gasteiger partial charge in [-0.3, -0.25) is 4.79 Å². The Morgan fingerprint density at radius 2 is 2.21 bits per heavy atom. The summed E-state index contributed by atoms with van der Waals surface area (Å²) in [5, 5.41) is 12.9. The van der Waals surface area contributed by atoms with Crippen LogP contribution in [0.2, 0.25) is 0 Å². The van der Waals surface area contributed by atoms with Crippen LogP contribution in [0.4, 0.5) is 17.1 Å². The molecule has 102 valence electrons. The first-order valence-electron chi connectivity index (χ1n) is 6.64. The molecule has 0 aliphatic carbocycles. The summed E-state index contributed by atoms with van der Waals surface area (Å²) < 4.78 is 0. The van der Waals surface area contributed by atoms with Gasteiger partial charge in [-0.2, -0.15) is 0 Å². The van der Waals surface area contributed by atoms with Crippen LogP contribution in [0.1, 0.15) is 25.3 Å². The summed E-state index contributed by atoms with van der Waals surface area (Å²) in [6.45, 7) is 3.19. The molecule has 0 aromatic heterocycles. The third-order valence-electron chi connectivity index (χ3n) is 3.94. The molecule has 1 aromatic carbocycles. The number of nitrogens with one attached hydrogen (secondary N) is 1. The molecule has 2 aliphatic rings. The van der Waals surface area contributed by atoms with Crippen molar-refractivity contribution < 1.29 is 9.90 Å². The van der Waals surface area contributed by atoms with Crippen LogP contribution in [-0.2, 0) is 11.2 Å². The SMILES string of the molecule is CC1(O)CCN(c2cc3c(cc2N)CCC(=O)N3)C1. The maximum atomic E-state index is 11.5. The number of carbonyl (C=O) groups is 1. The molecule has 0 saturated carbocycles. The second-order valence-corrected chi connectivity index (χ2v) is 5.78. The second-order valence-electron chi connectivity index (χ2n) is 5.78. The monoisotopic (exact) mass is 261 g/mol. The lowest BCUT2D eigenvalue weighted by atomic mass is 10.0. The lowest BCUT2D eigenvalue weighted by molar-refractivity contribution is -0.116. The molecule has 0 spiro atoms. The number of nitrogens with two attached hydrogens (primary N) is 1. The molecule has 1 aromatic rings. The van der Waals surface area contributed by atoms with E-state index >= 15 is 0 Å². The quantitative estimate of drug-likeness (QED) is 0.662. The van der Waals surface area contributed by atoms with Crippen LogP contribution in [0.25, 0.3) is 0 Å². The van der Waals surface area contributed by atoms with E-state index in [0.29, 0.717) is 18.7 Å². The van der Waals surface area contributed by atoms with Crippen LogP contribution in [0.5, 0.6) is 0 Å². The molecule has 3 rings (SSSR count). The van der Waals surface area contributed by atoms with Gasteiger partial charge in [0.05, 0.1) is 17.0 Å². The van der Waals surface area contributed by atoms with E-state index in [-0.39, 0.29) is 5.91 Å². The molecular formula is C14H19N3O2. The van der Waals surface area contributed by atoms with Gasteiger partial charge in [-0.05, 0) is 37.5 Å². The maximum Gasteiger partial charge on any atom is 0.224 e. The zero-order chi connectivity index (χ0) is 13.6. The molecule has 2 aliphatic heterocycles. The van der Waals surface area contributed by atoms with Crippen LogP contribution >= 0.6 is 0 Å². The zero-order valence-corrected chi connectivity index (χ0v) is 11.1. The summed E-state index contributed by atoms with van der Waals surface area (Å²) in [7, 11) is 0. The summed E-state index contributed by atoms with van der Waals surface area (Å²) in [6, 6.07) is 3.88. The largest absolute Gasteiger partial charge is 0.397 e. The molecule has 1 unspecified atom stereocenters. The molecule has 5 heteroatoms. The van der Waals surface area contributed by atoms with Crippen molar-refractivity contribution in [1.29, 1.82) is 0 Å². The Morgan fingerprint density at radius 1 is 1.42 bits per heavy atom. The van der Waals surface area contributed by atoms with E-state index in [2.05, 4.69) is 10.2 Å². The van der Waals surface area contributed by atoms with Crippen molar-refractivity contribution in [3.63, 3.8) is 0 Å². The van der Waals surface area contributed by atoms with Crippen LogP contribution in [0, 0.1) is 0 Å². The average Bonchev–Trinajstić information content (AvgIpc) is 2.69. The number of fused-ring (bicyclic) bond motifs is 1. The van der Waals surface area contributed by atoms with E-state index in [1.165, 1.54) is 0 Å². The Balaban J connectivity index is 1.94. The zero-order valence-electron chi connectivity index (χ0n) is 11.1. The Kier molecular flexibility index (Phi) is 2.67. The fraction of sp³-hybridized carbons (Fsp3) is 0.500. The standard InChI is InChI=1S/C14H19N3O2/c1-14(19)4-5-17(8-14)12-7-11-9(6-10(12)15)2-3-13(18)16-11/h6-7,19H,2-5,8,15H2,1H3,(H,16,18). The molecular weight excluding hydrogens is 242 g/mol. The van der Waals surface area contributed by atoms with E-state index in [9.17, 15) is 9.90 Å². The van der Waals surface area contributed by atoms with Crippen molar-refractivity contribution >= 4 is 23.0 Å². The van der Waals surface area contributed by atoms with Crippen molar-refractivity contribution in [2.75, 3.05) is 29.0 Å². The Hall–Kier alpha value is -1.75. The average molecular weight is 261 g/mol. The van der Waals surface area contributed by atoms with Gasteiger partial charge in [0.15, 0.2) is 0 Å². The summed E-state index contributed by atoms with van der Waals surface area (Å²) in [4.78, 5) is 13.5. The Bertz CT molecular complexity index is 540. The van der Waals surface area contributed by atoms with Gasteiger partial charge in [-0.25, -0.2) is 0 Å². The second kappa shape index (κ2) is 4.13. The van der Waals surface area contributed by atoms with Crippen LogP contribution in [-0.4, -0.2) is 29.7 Å². The van der Waals surface area contributed by atoms with E-state index in [4.69, 9.17) is 5.73 Å². The van der Waals surface area contributed by atoms with Crippen molar-refractivity contribution in [1.82, 2.24) is 0 Å². The smallest absolute Gasteiger partial charge is 0.224 e. The number of anilines is 3. The Morgan fingerprint density at radius 3 is 2.89 bits per heavy atom. The molecule has 0 bridgehead atoms. The minimum absolute atomic E-state index is 0.0524. The molecule has 2 heterocycles. The number of aryl methyl sites for hydroxylation is 1. The number of nitrogen functional groups attached to an aromatic ring is 1. The normalized spacial score (nSPS) is 26.2. The lowest BCUT2D eigenvalue weighted by Gasteiger charge is -2.25. The van der Waals surface area contributed by atoms with Gasteiger partial charge in [-0.1, -0.05) is 0 Å². The van der Waals surface area contributed by atoms with Crippen LogP contribution < -0.4 is 16.0 Å².